The van der Waals surface area contributed by atoms with Crippen molar-refractivity contribution >= 4 is 11.9 Å². The predicted molar refractivity (Wildman–Crippen MR) is 47.3 cm³/mol. The summed E-state index contributed by atoms with van der Waals surface area (Å²) >= 11 is 0. The first-order valence-electron chi connectivity index (χ1n) is 4.41. The van der Waals surface area contributed by atoms with Crippen LogP contribution in [-0.4, -0.2) is 22.6 Å². The van der Waals surface area contributed by atoms with E-state index in [0.29, 0.717) is 6.42 Å². The Bertz CT molecular complexity index is 200. The van der Waals surface area contributed by atoms with E-state index in [1.807, 2.05) is 6.92 Å². The van der Waals surface area contributed by atoms with Crippen molar-refractivity contribution in [2.24, 2.45) is 0 Å². The third-order valence-electron chi connectivity index (χ3n) is 1.92. The van der Waals surface area contributed by atoms with Crippen LogP contribution in [-0.2, 0) is 14.3 Å². The van der Waals surface area contributed by atoms with Crippen molar-refractivity contribution in [2.75, 3.05) is 0 Å². The number of hydrogen-bond donors (Lipinski definition) is 1. The Balaban J connectivity index is 4.27. The van der Waals surface area contributed by atoms with Crippen molar-refractivity contribution < 1.29 is 19.4 Å². The Morgan fingerprint density at radius 2 is 1.92 bits per heavy atom. The smallest absolute Gasteiger partial charge is 0.347 e. The number of carboxylic acid groups (broad SMARTS) is 1. The molecule has 1 N–H and O–H groups in total. The highest BCUT2D eigenvalue weighted by Gasteiger charge is 2.34. The minimum absolute atomic E-state index is 0.267. The lowest BCUT2D eigenvalue weighted by Crippen LogP contribution is -2.39. The van der Waals surface area contributed by atoms with Gasteiger partial charge in [-0.15, -0.1) is 0 Å². The highest BCUT2D eigenvalue weighted by atomic mass is 16.6. The van der Waals surface area contributed by atoms with Crippen molar-refractivity contribution in [3.05, 3.63) is 0 Å². The molecule has 1 atom stereocenters. The van der Waals surface area contributed by atoms with E-state index in [9.17, 15) is 9.59 Å². The molecule has 4 heteroatoms. The Morgan fingerprint density at radius 3 is 2.23 bits per heavy atom. The first kappa shape index (κ1) is 11.9. The van der Waals surface area contributed by atoms with Gasteiger partial charge in [0.25, 0.3) is 0 Å². The summed E-state index contributed by atoms with van der Waals surface area (Å²) < 4.78 is 4.85. The maximum absolute atomic E-state index is 11.0. The summed E-state index contributed by atoms with van der Waals surface area (Å²) in [6, 6.07) is 0. The zero-order valence-electron chi connectivity index (χ0n) is 8.29. The van der Waals surface area contributed by atoms with Crippen LogP contribution in [0.3, 0.4) is 0 Å². The lowest BCUT2D eigenvalue weighted by atomic mass is 10.0. The summed E-state index contributed by atoms with van der Waals surface area (Å²) in [4.78, 5) is 21.8. The summed E-state index contributed by atoms with van der Waals surface area (Å²) in [6.45, 7) is 4.92. The molecular formula is C9H16O4. The van der Waals surface area contributed by atoms with Gasteiger partial charge in [-0.25, -0.2) is 4.79 Å². The number of carbonyl (C=O) groups is 2. The van der Waals surface area contributed by atoms with Gasteiger partial charge in [-0.1, -0.05) is 13.8 Å². The number of rotatable bonds is 5. The van der Waals surface area contributed by atoms with Crippen LogP contribution in [0.4, 0.5) is 0 Å². The molecule has 4 nitrogen and oxygen atoms in total. The van der Waals surface area contributed by atoms with E-state index in [1.165, 1.54) is 6.92 Å². The first-order valence-corrected chi connectivity index (χ1v) is 4.41. The van der Waals surface area contributed by atoms with Crippen LogP contribution < -0.4 is 0 Å². The normalized spacial score (nSPS) is 14.7. The van der Waals surface area contributed by atoms with E-state index >= 15 is 0 Å². The minimum atomic E-state index is -1.37. The fraction of sp³-hybridized carbons (Fsp3) is 0.778. The van der Waals surface area contributed by atoms with Gasteiger partial charge in [-0.2, -0.15) is 0 Å². The highest BCUT2D eigenvalue weighted by Crippen LogP contribution is 2.16. The zero-order chi connectivity index (χ0) is 10.5. The molecule has 0 saturated carbocycles. The Kier molecular flexibility index (Phi) is 4.45. The first-order chi connectivity index (χ1) is 5.96. The second-order valence-corrected chi connectivity index (χ2v) is 3.11. The van der Waals surface area contributed by atoms with Crippen molar-refractivity contribution in [1.82, 2.24) is 0 Å². The van der Waals surface area contributed by atoms with Crippen molar-refractivity contribution in [2.45, 2.75) is 45.6 Å². The van der Waals surface area contributed by atoms with Crippen LogP contribution in [0.5, 0.6) is 0 Å². The molecule has 0 fully saturated rings. The molecule has 0 aromatic heterocycles. The van der Waals surface area contributed by atoms with E-state index in [0.717, 1.165) is 0 Å². The molecule has 0 amide bonds. The standard InChI is InChI=1S/C9H16O4/c1-4-6-7(10)13-9(3,5-2)8(11)12/h4-6H2,1-3H3,(H,11,12). The fourth-order valence-corrected chi connectivity index (χ4v) is 0.773. The molecule has 0 spiro atoms. The van der Waals surface area contributed by atoms with E-state index in [4.69, 9.17) is 9.84 Å². The van der Waals surface area contributed by atoms with Crippen molar-refractivity contribution in [3.8, 4) is 0 Å². The minimum Gasteiger partial charge on any atom is -0.478 e. The van der Waals surface area contributed by atoms with E-state index in [-0.39, 0.29) is 12.8 Å². The molecule has 0 radical (unpaired) electrons. The summed E-state index contributed by atoms with van der Waals surface area (Å²) in [5.41, 5.74) is -1.37. The van der Waals surface area contributed by atoms with Crippen LogP contribution in [0.1, 0.15) is 40.0 Å². The molecule has 13 heavy (non-hydrogen) atoms. The molecule has 0 aromatic rings. The number of esters is 1. The third-order valence-corrected chi connectivity index (χ3v) is 1.92. The van der Waals surface area contributed by atoms with Gasteiger partial charge in [0.1, 0.15) is 0 Å². The molecule has 0 rings (SSSR count). The molecule has 0 aliphatic carbocycles. The largest absolute Gasteiger partial charge is 0.478 e. The summed E-state index contributed by atoms with van der Waals surface area (Å²) in [5, 5.41) is 8.77. The summed E-state index contributed by atoms with van der Waals surface area (Å²) in [5.74, 6) is -1.55. The van der Waals surface area contributed by atoms with Gasteiger partial charge < -0.3 is 9.84 Å². The van der Waals surface area contributed by atoms with Gasteiger partial charge in [0.2, 0.25) is 5.60 Å². The monoisotopic (exact) mass is 188 g/mol. The maximum atomic E-state index is 11.0. The topological polar surface area (TPSA) is 63.6 Å². The molecule has 0 aliphatic heterocycles. The summed E-state index contributed by atoms with van der Waals surface area (Å²) in [7, 11) is 0. The molecular weight excluding hydrogens is 172 g/mol. The SMILES string of the molecule is CCCC(=O)OC(C)(CC)C(=O)O. The number of carbonyl (C=O) groups excluding carboxylic acids is 1. The van der Waals surface area contributed by atoms with Crippen molar-refractivity contribution in [3.63, 3.8) is 0 Å². The molecule has 0 saturated heterocycles. The fourth-order valence-electron chi connectivity index (χ4n) is 0.773. The average molecular weight is 188 g/mol. The van der Waals surface area contributed by atoms with Gasteiger partial charge in [0.05, 0.1) is 0 Å². The van der Waals surface area contributed by atoms with Crippen LogP contribution in [0.15, 0.2) is 0 Å². The second kappa shape index (κ2) is 4.84. The molecule has 1 unspecified atom stereocenters. The lowest BCUT2D eigenvalue weighted by molar-refractivity contribution is -0.177. The van der Waals surface area contributed by atoms with Crippen molar-refractivity contribution in [1.29, 1.82) is 0 Å². The van der Waals surface area contributed by atoms with Crippen LogP contribution in [0.25, 0.3) is 0 Å². The number of hydrogen-bond acceptors (Lipinski definition) is 3. The van der Waals surface area contributed by atoms with Crippen LogP contribution in [0, 0.1) is 0 Å². The number of carboxylic acids is 1. The predicted octanol–water partition coefficient (Wildman–Crippen LogP) is 1.58. The molecule has 0 bridgehead atoms. The van der Waals surface area contributed by atoms with E-state index in [2.05, 4.69) is 0 Å². The Labute approximate surface area is 77.9 Å². The van der Waals surface area contributed by atoms with Gasteiger partial charge >= 0.3 is 11.9 Å². The second-order valence-electron chi connectivity index (χ2n) is 3.11. The molecule has 0 aromatic carbocycles. The molecule has 76 valence electrons. The highest BCUT2D eigenvalue weighted by molar-refractivity contribution is 5.81. The van der Waals surface area contributed by atoms with Gasteiger partial charge in [0.15, 0.2) is 0 Å². The average Bonchev–Trinajstić information content (AvgIpc) is 2.04. The molecule has 0 heterocycles. The summed E-state index contributed by atoms with van der Waals surface area (Å²) in [6.07, 6.45) is 1.21. The zero-order valence-corrected chi connectivity index (χ0v) is 8.29. The maximum Gasteiger partial charge on any atom is 0.347 e. The van der Waals surface area contributed by atoms with Gasteiger partial charge in [0, 0.05) is 6.42 Å². The molecule has 0 aliphatic rings. The Morgan fingerprint density at radius 1 is 1.38 bits per heavy atom. The number of aliphatic carboxylic acids is 1. The quantitative estimate of drug-likeness (QED) is 0.665. The van der Waals surface area contributed by atoms with Crippen LogP contribution in [0.2, 0.25) is 0 Å². The lowest BCUT2D eigenvalue weighted by Gasteiger charge is -2.23. The Hall–Kier alpha value is -1.06. The van der Waals surface area contributed by atoms with Crippen LogP contribution >= 0.6 is 0 Å². The van der Waals surface area contributed by atoms with Gasteiger partial charge in [-0.3, -0.25) is 4.79 Å². The number of ether oxygens (including phenoxy) is 1. The van der Waals surface area contributed by atoms with E-state index < -0.39 is 17.5 Å². The third kappa shape index (κ3) is 3.44. The van der Waals surface area contributed by atoms with E-state index in [1.54, 1.807) is 6.92 Å². The van der Waals surface area contributed by atoms with Gasteiger partial charge in [-0.05, 0) is 19.8 Å².